The number of hydrogen-bond donors (Lipinski definition) is 0. The number of esters is 2. The predicted molar refractivity (Wildman–Crippen MR) is 93.6 cm³/mol. The maximum Gasteiger partial charge on any atom is 0.334 e. The van der Waals surface area contributed by atoms with E-state index in [2.05, 4.69) is 6.58 Å². The summed E-state index contributed by atoms with van der Waals surface area (Å²) in [6.45, 7) is 10.8. The number of ether oxygens (including phenoxy) is 2. The standard InChI is InChI=1S/C20H24O5/c1-6-12(3)19(22)24-16-9-11(2)7-8-15(21)13(4)10-17-18(16)14(5)20(23)25-17/h6-7,10,16-18H,5,8-9H2,1-4H3. The molecule has 0 N–H and O–H groups in total. The van der Waals surface area contributed by atoms with Gasteiger partial charge in [0.25, 0.3) is 0 Å². The van der Waals surface area contributed by atoms with Crippen LogP contribution in [0.25, 0.3) is 0 Å². The van der Waals surface area contributed by atoms with E-state index in [0.29, 0.717) is 17.6 Å². The molecular weight excluding hydrogens is 320 g/mol. The molecule has 0 aromatic heterocycles. The number of fused-ring (bicyclic) bond motifs is 1. The lowest BCUT2D eigenvalue weighted by Crippen LogP contribution is -2.33. The molecule has 2 rings (SSSR count). The molecule has 0 amide bonds. The second kappa shape index (κ2) is 7.64. The average Bonchev–Trinajstić information content (AvgIpc) is 2.84. The van der Waals surface area contributed by atoms with Gasteiger partial charge in [-0.1, -0.05) is 24.3 Å². The van der Waals surface area contributed by atoms with Crippen LogP contribution in [0.2, 0.25) is 0 Å². The molecule has 0 spiro atoms. The van der Waals surface area contributed by atoms with Gasteiger partial charge in [-0.25, -0.2) is 9.59 Å². The predicted octanol–water partition coefficient (Wildman–Crippen LogP) is 3.22. The third kappa shape index (κ3) is 4.16. The van der Waals surface area contributed by atoms with Crippen LogP contribution < -0.4 is 0 Å². The minimum Gasteiger partial charge on any atom is -0.458 e. The van der Waals surface area contributed by atoms with Crippen LogP contribution in [-0.2, 0) is 23.9 Å². The van der Waals surface area contributed by atoms with Gasteiger partial charge in [-0.15, -0.1) is 0 Å². The Kier molecular flexibility index (Phi) is 5.77. The Labute approximate surface area is 148 Å². The summed E-state index contributed by atoms with van der Waals surface area (Å²) in [7, 11) is 0. The average molecular weight is 344 g/mol. The van der Waals surface area contributed by atoms with E-state index in [1.165, 1.54) is 0 Å². The Bertz CT molecular complexity index is 708. The van der Waals surface area contributed by atoms with E-state index >= 15 is 0 Å². The van der Waals surface area contributed by atoms with E-state index in [1.54, 1.807) is 32.9 Å². The summed E-state index contributed by atoms with van der Waals surface area (Å²) in [6.07, 6.45) is 4.61. The monoisotopic (exact) mass is 344 g/mol. The number of hydrogen-bond acceptors (Lipinski definition) is 5. The van der Waals surface area contributed by atoms with Crippen molar-refractivity contribution in [1.82, 2.24) is 0 Å². The Morgan fingerprint density at radius 2 is 2.04 bits per heavy atom. The fourth-order valence-electron chi connectivity index (χ4n) is 2.94. The van der Waals surface area contributed by atoms with Crippen LogP contribution in [0.1, 0.15) is 40.5 Å². The van der Waals surface area contributed by atoms with E-state index in [0.717, 1.165) is 5.57 Å². The lowest BCUT2D eigenvalue weighted by Gasteiger charge is -2.27. The molecule has 1 fully saturated rings. The molecule has 25 heavy (non-hydrogen) atoms. The number of rotatable bonds is 2. The smallest absolute Gasteiger partial charge is 0.334 e. The van der Waals surface area contributed by atoms with E-state index in [4.69, 9.17) is 9.47 Å². The molecule has 1 aliphatic heterocycles. The highest BCUT2D eigenvalue weighted by Gasteiger charge is 2.44. The summed E-state index contributed by atoms with van der Waals surface area (Å²) in [4.78, 5) is 36.4. The van der Waals surface area contributed by atoms with Gasteiger partial charge in [0.15, 0.2) is 5.78 Å². The van der Waals surface area contributed by atoms with E-state index in [9.17, 15) is 14.4 Å². The molecule has 2 aliphatic rings. The fraction of sp³-hybridized carbons (Fsp3) is 0.450. The number of ketones is 1. The van der Waals surface area contributed by atoms with E-state index in [1.807, 2.05) is 13.0 Å². The normalized spacial score (nSPS) is 27.9. The van der Waals surface area contributed by atoms with E-state index in [-0.39, 0.29) is 17.8 Å². The van der Waals surface area contributed by atoms with Crippen LogP contribution in [0.3, 0.4) is 0 Å². The van der Waals surface area contributed by atoms with Crippen molar-refractivity contribution < 1.29 is 23.9 Å². The fourth-order valence-corrected chi connectivity index (χ4v) is 2.94. The highest BCUT2D eigenvalue weighted by Crippen LogP contribution is 2.36. The van der Waals surface area contributed by atoms with Gasteiger partial charge in [-0.3, -0.25) is 4.79 Å². The highest BCUT2D eigenvalue weighted by atomic mass is 16.6. The first-order chi connectivity index (χ1) is 11.7. The summed E-state index contributed by atoms with van der Waals surface area (Å²) in [5.74, 6) is -1.48. The van der Waals surface area contributed by atoms with Crippen molar-refractivity contribution in [3.8, 4) is 0 Å². The van der Waals surface area contributed by atoms with Crippen LogP contribution >= 0.6 is 0 Å². The molecule has 1 heterocycles. The Morgan fingerprint density at radius 1 is 1.36 bits per heavy atom. The molecule has 0 radical (unpaired) electrons. The van der Waals surface area contributed by atoms with Crippen molar-refractivity contribution in [3.05, 3.63) is 47.1 Å². The summed E-state index contributed by atoms with van der Waals surface area (Å²) in [6, 6.07) is 0. The zero-order valence-electron chi connectivity index (χ0n) is 15.1. The van der Waals surface area contributed by atoms with Crippen LogP contribution in [0.15, 0.2) is 47.1 Å². The zero-order chi connectivity index (χ0) is 18.7. The number of Topliss-reactive ketones (excluding diaryl/α,β-unsaturated/α-hetero) is 1. The van der Waals surface area contributed by atoms with Gasteiger partial charge in [0.2, 0.25) is 0 Å². The number of carbonyl (C=O) groups is 3. The van der Waals surface area contributed by atoms with Gasteiger partial charge in [0.1, 0.15) is 12.2 Å². The topological polar surface area (TPSA) is 69.7 Å². The summed E-state index contributed by atoms with van der Waals surface area (Å²) < 4.78 is 11.1. The molecule has 0 saturated carbocycles. The quantitative estimate of drug-likeness (QED) is 0.437. The summed E-state index contributed by atoms with van der Waals surface area (Å²) >= 11 is 0. The van der Waals surface area contributed by atoms with Crippen LogP contribution in [0.4, 0.5) is 0 Å². The third-order valence-electron chi connectivity index (χ3n) is 4.69. The van der Waals surface area contributed by atoms with Gasteiger partial charge in [0, 0.05) is 24.0 Å². The van der Waals surface area contributed by atoms with Crippen LogP contribution in [0.5, 0.6) is 0 Å². The Morgan fingerprint density at radius 3 is 2.68 bits per heavy atom. The molecule has 5 heteroatoms. The molecule has 0 aromatic carbocycles. The van der Waals surface area contributed by atoms with Crippen LogP contribution in [-0.4, -0.2) is 29.9 Å². The highest BCUT2D eigenvalue weighted by molar-refractivity contribution is 5.96. The van der Waals surface area contributed by atoms with Crippen molar-refractivity contribution >= 4 is 17.7 Å². The lowest BCUT2D eigenvalue weighted by atomic mass is 9.85. The Balaban J connectivity index is 2.44. The van der Waals surface area contributed by atoms with Crippen molar-refractivity contribution in [2.75, 3.05) is 0 Å². The van der Waals surface area contributed by atoms with Crippen molar-refractivity contribution in [2.24, 2.45) is 5.92 Å². The molecule has 3 atom stereocenters. The molecule has 0 aromatic rings. The third-order valence-corrected chi connectivity index (χ3v) is 4.69. The molecule has 134 valence electrons. The number of allylic oxidation sites excluding steroid dienone is 3. The van der Waals surface area contributed by atoms with E-state index < -0.39 is 30.1 Å². The van der Waals surface area contributed by atoms with Crippen molar-refractivity contribution in [1.29, 1.82) is 0 Å². The van der Waals surface area contributed by atoms with Gasteiger partial charge in [-0.2, -0.15) is 0 Å². The van der Waals surface area contributed by atoms with Crippen molar-refractivity contribution in [3.63, 3.8) is 0 Å². The second-order valence-electron chi connectivity index (χ2n) is 6.57. The maximum absolute atomic E-state index is 12.3. The summed E-state index contributed by atoms with van der Waals surface area (Å²) in [5, 5.41) is 0. The lowest BCUT2D eigenvalue weighted by molar-refractivity contribution is -0.147. The Hall–Kier alpha value is -2.43. The maximum atomic E-state index is 12.3. The first-order valence-corrected chi connectivity index (χ1v) is 8.35. The van der Waals surface area contributed by atoms with Gasteiger partial charge in [0.05, 0.1) is 5.92 Å². The largest absolute Gasteiger partial charge is 0.458 e. The molecule has 0 bridgehead atoms. The van der Waals surface area contributed by atoms with Crippen molar-refractivity contribution in [2.45, 2.75) is 52.7 Å². The zero-order valence-corrected chi connectivity index (χ0v) is 15.1. The minimum absolute atomic E-state index is 0.0214. The first kappa shape index (κ1) is 18.9. The van der Waals surface area contributed by atoms with Gasteiger partial charge >= 0.3 is 11.9 Å². The first-order valence-electron chi connectivity index (χ1n) is 8.35. The minimum atomic E-state index is -0.654. The molecule has 5 nitrogen and oxygen atoms in total. The van der Waals surface area contributed by atoms with Gasteiger partial charge < -0.3 is 9.47 Å². The van der Waals surface area contributed by atoms with Gasteiger partial charge in [-0.05, 0) is 39.3 Å². The second-order valence-corrected chi connectivity index (χ2v) is 6.57. The summed E-state index contributed by atoms with van der Waals surface area (Å²) in [5.41, 5.74) is 2.21. The molecule has 1 aliphatic carbocycles. The van der Waals surface area contributed by atoms with Crippen LogP contribution in [0, 0.1) is 5.92 Å². The molecule has 3 unspecified atom stereocenters. The SMILES string of the molecule is C=C1C(=O)OC2C=C(C)C(=O)CC=C(C)CC(OC(=O)C(C)=CC)C12. The number of carbonyl (C=O) groups excluding carboxylic acids is 3. The molecule has 1 saturated heterocycles. The molecular formula is C20H24O5.